The first-order valence-corrected chi connectivity index (χ1v) is 11.2. The topological polar surface area (TPSA) is 94.5 Å². The lowest BCUT2D eigenvalue weighted by Crippen LogP contribution is -2.38. The van der Waals surface area contributed by atoms with Crippen LogP contribution in [0.25, 0.3) is 11.2 Å². The summed E-state index contributed by atoms with van der Waals surface area (Å²) in [6.45, 7) is 3.97. The first-order chi connectivity index (χ1) is 15.4. The lowest BCUT2D eigenvalue weighted by atomic mass is 10.1. The van der Waals surface area contributed by atoms with E-state index in [0.29, 0.717) is 22.9 Å². The number of anilines is 1. The molecule has 1 aromatic carbocycles. The number of piperidine rings is 1. The predicted octanol–water partition coefficient (Wildman–Crippen LogP) is 1.43. The first kappa shape index (κ1) is 22.1. The Hall–Kier alpha value is -3.07. The fraction of sp³-hybridized carbons (Fsp3) is 0.522. The summed E-state index contributed by atoms with van der Waals surface area (Å²) >= 11 is 0. The predicted molar refractivity (Wildman–Crippen MR) is 124 cm³/mol. The molecule has 0 amide bonds. The van der Waals surface area contributed by atoms with E-state index < -0.39 is 17.4 Å². The Balaban J connectivity index is 1.66. The second-order valence-electron chi connectivity index (χ2n) is 8.41. The van der Waals surface area contributed by atoms with Gasteiger partial charge in [-0.15, -0.1) is 0 Å². The van der Waals surface area contributed by atoms with Crippen LogP contribution in [0.15, 0.2) is 33.9 Å². The summed E-state index contributed by atoms with van der Waals surface area (Å²) in [5.74, 6) is 1.30. The second kappa shape index (κ2) is 9.20. The number of benzene rings is 1. The van der Waals surface area contributed by atoms with Crippen molar-refractivity contribution in [1.82, 2.24) is 18.7 Å². The van der Waals surface area contributed by atoms with Gasteiger partial charge in [0.1, 0.15) is 18.5 Å². The Morgan fingerprint density at radius 3 is 2.41 bits per heavy atom. The van der Waals surface area contributed by atoms with Crippen LogP contribution >= 0.6 is 0 Å². The molecule has 1 aliphatic rings. The van der Waals surface area contributed by atoms with Crippen LogP contribution in [0.2, 0.25) is 0 Å². The molecule has 0 spiro atoms. The van der Waals surface area contributed by atoms with E-state index in [0.717, 1.165) is 43.3 Å². The summed E-state index contributed by atoms with van der Waals surface area (Å²) < 4.78 is 9.99. The van der Waals surface area contributed by atoms with Crippen LogP contribution in [0, 0.1) is 0 Å². The molecule has 0 aliphatic carbocycles. The number of aliphatic hydroxyl groups is 1. The van der Waals surface area contributed by atoms with Crippen LogP contribution in [0.3, 0.4) is 0 Å². The van der Waals surface area contributed by atoms with Gasteiger partial charge in [-0.3, -0.25) is 13.9 Å². The smallest absolute Gasteiger partial charge is 0.332 e. The molecule has 4 rings (SSSR count). The molecule has 0 unspecified atom stereocenters. The highest BCUT2D eigenvalue weighted by molar-refractivity contribution is 5.74. The summed E-state index contributed by atoms with van der Waals surface area (Å²) in [5, 5.41) is 10.8. The minimum atomic E-state index is -0.858. The monoisotopic (exact) mass is 441 g/mol. The molecule has 0 radical (unpaired) electrons. The molecule has 32 heavy (non-hydrogen) atoms. The molecule has 172 valence electrons. The lowest BCUT2D eigenvalue weighted by Gasteiger charge is -2.28. The zero-order chi connectivity index (χ0) is 22.8. The van der Waals surface area contributed by atoms with Gasteiger partial charge < -0.3 is 19.3 Å². The van der Waals surface area contributed by atoms with Gasteiger partial charge >= 0.3 is 5.69 Å². The van der Waals surface area contributed by atoms with Crippen molar-refractivity contribution in [2.75, 3.05) is 24.6 Å². The number of aromatic nitrogens is 4. The van der Waals surface area contributed by atoms with Gasteiger partial charge in [-0.05, 0) is 43.4 Å². The summed E-state index contributed by atoms with van der Waals surface area (Å²) in [6.07, 6.45) is 3.33. The van der Waals surface area contributed by atoms with Gasteiger partial charge in [0.2, 0.25) is 5.95 Å². The van der Waals surface area contributed by atoms with Crippen molar-refractivity contribution in [2.45, 2.75) is 45.3 Å². The van der Waals surface area contributed by atoms with E-state index in [1.807, 2.05) is 24.3 Å². The van der Waals surface area contributed by atoms with Crippen molar-refractivity contribution >= 4 is 17.1 Å². The fourth-order valence-corrected chi connectivity index (χ4v) is 4.22. The van der Waals surface area contributed by atoms with Gasteiger partial charge in [0, 0.05) is 27.2 Å². The van der Waals surface area contributed by atoms with Gasteiger partial charge in [-0.25, -0.2) is 4.79 Å². The van der Waals surface area contributed by atoms with Gasteiger partial charge in [-0.2, -0.15) is 4.98 Å². The van der Waals surface area contributed by atoms with E-state index in [1.54, 1.807) is 11.6 Å². The maximum Gasteiger partial charge on any atom is 0.332 e. The van der Waals surface area contributed by atoms with E-state index in [-0.39, 0.29) is 13.2 Å². The molecule has 9 heteroatoms. The summed E-state index contributed by atoms with van der Waals surface area (Å²) in [4.78, 5) is 32.2. The minimum Gasteiger partial charge on any atom is -0.491 e. The van der Waals surface area contributed by atoms with E-state index >= 15 is 0 Å². The fourth-order valence-electron chi connectivity index (χ4n) is 4.22. The Morgan fingerprint density at radius 1 is 1.06 bits per heavy atom. The molecular formula is C23H31N5O4. The van der Waals surface area contributed by atoms with Crippen LogP contribution in [0.5, 0.6) is 5.75 Å². The van der Waals surface area contributed by atoms with Crippen molar-refractivity contribution < 1.29 is 9.84 Å². The third-order valence-corrected chi connectivity index (χ3v) is 6.13. The van der Waals surface area contributed by atoms with Gasteiger partial charge in [0.05, 0.1) is 6.54 Å². The largest absolute Gasteiger partial charge is 0.491 e. The minimum absolute atomic E-state index is 0.0800. The van der Waals surface area contributed by atoms with Gasteiger partial charge in [0.15, 0.2) is 11.2 Å². The number of nitrogens with zero attached hydrogens (tertiary/aromatic N) is 5. The third-order valence-electron chi connectivity index (χ3n) is 6.13. The van der Waals surface area contributed by atoms with Crippen molar-refractivity contribution in [2.24, 2.45) is 14.1 Å². The number of aliphatic hydroxyl groups excluding tert-OH is 1. The maximum atomic E-state index is 13.0. The molecule has 1 saturated heterocycles. The van der Waals surface area contributed by atoms with Crippen molar-refractivity contribution in [3.8, 4) is 5.75 Å². The van der Waals surface area contributed by atoms with Crippen LogP contribution in [-0.2, 0) is 27.1 Å². The number of hydrogen-bond acceptors (Lipinski definition) is 6. The third kappa shape index (κ3) is 4.17. The van der Waals surface area contributed by atoms with Crippen LogP contribution in [-0.4, -0.2) is 49.6 Å². The van der Waals surface area contributed by atoms with Crippen LogP contribution in [0.4, 0.5) is 5.95 Å². The lowest BCUT2D eigenvalue weighted by molar-refractivity contribution is 0.0936. The highest BCUT2D eigenvalue weighted by Gasteiger charge is 2.25. The Kier molecular flexibility index (Phi) is 6.36. The molecule has 1 fully saturated rings. The molecule has 3 aromatic rings. The quantitative estimate of drug-likeness (QED) is 0.596. The zero-order valence-corrected chi connectivity index (χ0v) is 19.0. The van der Waals surface area contributed by atoms with E-state index in [4.69, 9.17) is 4.74 Å². The molecular weight excluding hydrogens is 410 g/mol. The molecule has 0 saturated carbocycles. The van der Waals surface area contributed by atoms with E-state index in [2.05, 4.69) is 16.8 Å². The average molecular weight is 442 g/mol. The van der Waals surface area contributed by atoms with Gasteiger partial charge in [0.25, 0.3) is 5.56 Å². The van der Waals surface area contributed by atoms with Crippen molar-refractivity contribution in [3.05, 3.63) is 50.7 Å². The average Bonchev–Trinajstić information content (AvgIpc) is 3.20. The highest BCUT2D eigenvalue weighted by atomic mass is 16.5. The molecule has 1 N–H and O–H groups in total. The normalized spacial score (nSPS) is 15.3. The molecule has 1 atom stereocenters. The number of fused-ring (bicyclic) bond motifs is 1. The highest BCUT2D eigenvalue weighted by Crippen LogP contribution is 2.23. The number of aryl methyl sites for hydroxylation is 2. The van der Waals surface area contributed by atoms with Gasteiger partial charge in [-0.1, -0.05) is 19.1 Å². The molecule has 9 nitrogen and oxygen atoms in total. The Morgan fingerprint density at radius 2 is 1.75 bits per heavy atom. The number of rotatable bonds is 7. The first-order valence-electron chi connectivity index (χ1n) is 11.2. The van der Waals surface area contributed by atoms with Crippen molar-refractivity contribution in [3.63, 3.8) is 0 Å². The van der Waals surface area contributed by atoms with E-state index in [1.165, 1.54) is 17.2 Å². The molecule has 1 aliphatic heterocycles. The number of ether oxygens (including phenoxy) is 1. The summed E-state index contributed by atoms with van der Waals surface area (Å²) in [5.41, 5.74) is 1.04. The second-order valence-corrected chi connectivity index (χ2v) is 8.41. The molecule has 0 bridgehead atoms. The Labute approximate surface area is 186 Å². The SMILES string of the molecule is CCc1ccc(OC[C@H](O)Cn2c(N3CCCCC3)nc3c2c(=O)n(C)c(=O)n3C)cc1. The summed E-state index contributed by atoms with van der Waals surface area (Å²) in [6, 6.07) is 7.79. The molecule has 2 aromatic heterocycles. The van der Waals surface area contributed by atoms with Crippen LogP contribution in [0.1, 0.15) is 31.7 Å². The standard InChI is InChI=1S/C23H31N5O4/c1-4-16-8-10-18(11-9-16)32-15-17(29)14-28-19-20(25(2)23(31)26(3)21(19)30)24-22(28)27-12-6-5-7-13-27/h8-11,17,29H,4-7,12-15H2,1-3H3/t17-/m1/s1. The van der Waals surface area contributed by atoms with Crippen LogP contribution < -0.4 is 20.9 Å². The molecule has 3 heterocycles. The maximum absolute atomic E-state index is 13.0. The Bertz CT molecular complexity index is 1200. The number of imidazole rings is 1. The summed E-state index contributed by atoms with van der Waals surface area (Å²) in [7, 11) is 3.07. The van der Waals surface area contributed by atoms with E-state index in [9.17, 15) is 14.7 Å². The van der Waals surface area contributed by atoms with Crippen molar-refractivity contribution in [1.29, 1.82) is 0 Å². The zero-order valence-electron chi connectivity index (χ0n) is 19.0. The number of hydrogen-bond donors (Lipinski definition) is 1.